The molecule has 0 aliphatic carbocycles. The lowest BCUT2D eigenvalue weighted by molar-refractivity contribution is -0.158. The summed E-state index contributed by atoms with van der Waals surface area (Å²) in [6.07, 6.45) is 2.27. The third-order valence-electron chi connectivity index (χ3n) is 6.44. The van der Waals surface area contributed by atoms with Gasteiger partial charge in [-0.05, 0) is 42.0 Å². The number of pyridine rings is 1. The number of carbonyl (C=O) groups is 5. The van der Waals surface area contributed by atoms with Gasteiger partial charge in [-0.2, -0.15) is 0 Å². The molecule has 2 heterocycles. The second kappa shape index (κ2) is 12.2. The van der Waals surface area contributed by atoms with Gasteiger partial charge in [0.15, 0.2) is 0 Å². The molecule has 0 spiro atoms. The van der Waals surface area contributed by atoms with E-state index in [-0.39, 0.29) is 40.9 Å². The van der Waals surface area contributed by atoms with Crippen LogP contribution in [0.3, 0.4) is 0 Å². The number of amides is 6. The molecule has 1 unspecified atom stereocenters. The lowest BCUT2D eigenvalue weighted by Crippen LogP contribution is -2.56. The van der Waals surface area contributed by atoms with Crippen LogP contribution in [0.25, 0.3) is 0 Å². The Hall–Kier alpha value is -4.12. The maximum atomic E-state index is 13.3. The van der Waals surface area contributed by atoms with E-state index in [1.165, 1.54) is 18.3 Å². The van der Waals surface area contributed by atoms with E-state index < -0.39 is 47.0 Å². The van der Waals surface area contributed by atoms with E-state index in [1.54, 1.807) is 51.1 Å². The van der Waals surface area contributed by atoms with Crippen LogP contribution in [0.1, 0.15) is 68.2 Å². The summed E-state index contributed by atoms with van der Waals surface area (Å²) in [4.78, 5) is 70.0. The van der Waals surface area contributed by atoms with Crippen molar-refractivity contribution in [1.82, 2.24) is 20.3 Å². The molecule has 2 atom stereocenters. The Morgan fingerprint density at radius 2 is 1.56 bits per heavy atom. The molecule has 11 heteroatoms. The van der Waals surface area contributed by atoms with Gasteiger partial charge in [0, 0.05) is 12.7 Å². The molecule has 3 N–H and O–H groups in total. The first-order valence-corrected chi connectivity index (χ1v) is 12.8. The number of nitrogens with zero attached hydrogens (tertiary/aromatic N) is 3. The van der Waals surface area contributed by atoms with E-state index in [4.69, 9.17) is 0 Å². The van der Waals surface area contributed by atoms with E-state index in [0.29, 0.717) is 6.42 Å². The Labute approximate surface area is 227 Å². The minimum absolute atomic E-state index is 0.0735. The SMILES string of the molecule is CC(C)CCC(CN1C(=O)c2ccccc2C1=O)C(=O)N(O)C(=O)N[C@H](C(=O)Nc1ccccn1)C(C)(C)C. The van der Waals surface area contributed by atoms with Crippen molar-refractivity contribution in [3.63, 3.8) is 0 Å². The molecule has 1 aromatic carbocycles. The number of hydrogen-bond acceptors (Lipinski definition) is 7. The zero-order valence-electron chi connectivity index (χ0n) is 22.8. The largest absolute Gasteiger partial charge is 0.349 e. The third-order valence-corrected chi connectivity index (χ3v) is 6.44. The normalized spacial score (nSPS) is 14.6. The minimum atomic E-state index is -1.20. The van der Waals surface area contributed by atoms with Gasteiger partial charge in [0.05, 0.1) is 17.0 Å². The van der Waals surface area contributed by atoms with Gasteiger partial charge in [0.2, 0.25) is 5.91 Å². The summed E-state index contributed by atoms with van der Waals surface area (Å²) in [5.74, 6) is -3.22. The summed E-state index contributed by atoms with van der Waals surface area (Å²) in [7, 11) is 0. The zero-order valence-corrected chi connectivity index (χ0v) is 22.8. The second-order valence-electron chi connectivity index (χ2n) is 11.0. The maximum absolute atomic E-state index is 13.3. The first-order chi connectivity index (χ1) is 18.3. The molecule has 208 valence electrons. The molecule has 0 bridgehead atoms. The van der Waals surface area contributed by atoms with Crippen LogP contribution in [0.15, 0.2) is 48.7 Å². The predicted octanol–water partition coefficient (Wildman–Crippen LogP) is 3.71. The monoisotopic (exact) mass is 537 g/mol. The van der Waals surface area contributed by atoms with Crippen LogP contribution < -0.4 is 10.6 Å². The van der Waals surface area contributed by atoms with E-state index in [2.05, 4.69) is 15.6 Å². The van der Waals surface area contributed by atoms with E-state index in [1.807, 2.05) is 13.8 Å². The predicted molar refractivity (Wildman–Crippen MR) is 143 cm³/mol. The quantitative estimate of drug-likeness (QED) is 0.251. The number of aromatic nitrogens is 1. The smallest absolute Gasteiger partial charge is 0.323 e. The third kappa shape index (κ3) is 7.05. The van der Waals surface area contributed by atoms with Crippen LogP contribution in [0.5, 0.6) is 0 Å². The summed E-state index contributed by atoms with van der Waals surface area (Å²) >= 11 is 0. The Balaban J connectivity index is 1.76. The molecule has 1 aliphatic heterocycles. The van der Waals surface area contributed by atoms with Gasteiger partial charge in [0.1, 0.15) is 11.9 Å². The minimum Gasteiger partial charge on any atom is -0.323 e. The van der Waals surface area contributed by atoms with E-state index in [0.717, 1.165) is 4.90 Å². The van der Waals surface area contributed by atoms with Crippen LogP contribution >= 0.6 is 0 Å². The van der Waals surface area contributed by atoms with Crippen molar-refractivity contribution in [2.75, 3.05) is 11.9 Å². The average Bonchev–Trinajstić information content (AvgIpc) is 3.13. The number of rotatable bonds is 9. The number of fused-ring (bicyclic) bond motifs is 1. The van der Waals surface area contributed by atoms with Gasteiger partial charge in [-0.25, -0.2) is 9.78 Å². The molecule has 6 amide bonds. The number of anilines is 1. The molecule has 2 aromatic rings. The summed E-state index contributed by atoms with van der Waals surface area (Å²) in [6, 6.07) is 8.98. The summed E-state index contributed by atoms with van der Waals surface area (Å²) in [5.41, 5.74) is -0.318. The summed E-state index contributed by atoms with van der Waals surface area (Å²) < 4.78 is 0. The maximum Gasteiger partial charge on any atom is 0.349 e. The average molecular weight is 538 g/mol. The fourth-order valence-electron chi connectivity index (χ4n) is 4.22. The molecule has 0 radical (unpaired) electrons. The van der Waals surface area contributed by atoms with Crippen molar-refractivity contribution < 1.29 is 29.2 Å². The van der Waals surface area contributed by atoms with E-state index >= 15 is 0 Å². The van der Waals surface area contributed by atoms with Gasteiger partial charge in [-0.15, -0.1) is 5.06 Å². The molecule has 1 aromatic heterocycles. The van der Waals surface area contributed by atoms with Crippen molar-refractivity contribution in [2.45, 2.75) is 53.5 Å². The van der Waals surface area contributed by atoms with Gasteiger partial charge in [-0.3, -0.25) is 29.3 Å². The number of carbonyl (C=O) groups excluding carboxylic acids is 5. The van der Waals surface area contributed by atoms with Crippen LogP contribution in [-0.4, -0.2) is 62.4 Å². The van der Waals surface area contributed by atoms with Crippen molar-refractivity contribution in [3.8, 4) is 0 Å². The number of nitrogens with one attached hydrogen (secondary N) is 2. The summed E-state index contributed by atoms with van der Waals surface area (Å²) in [6.45, 7) is 8.74. The zero-order chi connectivity index (χ0) is 28.9. The second-order valence-corrected chi connectivity index (χ2v) is 11.0. The lowest BCUT2D eigenvalue weighted by atomic mass is 9.86. The fourth-order valence-corrected chi connectivity index (χ4v) is 4.22. The molecule has 0 saturated heterocycles. The molecule has 0 saturated carbocycles. The van der Waals surface area contributed by atoms with Crippen molar-refractivity contribution >= 4 is 35.5 Å². The highest BCUT2D eigenvalue weighted by Gasteiger charge is 2.40. The molecule has 0 fully saturated rings. The number of benzene rings is 1. The van der Waals surface area contributed by atoms with Crippen LogP contribution in [0.4, 0.5) is 10.6 Å². The van der Waals surface area contributed by atoms with Crippen LogP contribution in [0.2, 0.25) is 0 Å². The Morgan fingerprint density at radius 1 is 0.974 bits per heavy atom. The first-order valence-electron chi connectivity index (χ1n) is 12.8. The van der Waals surface area contributed by atoms with Crippen molar-refractivity contribution in [3.05, 3.63) is 59.8 Å². The molecule has 3 rings (SSSR count). The Bertz CT molecular complexity index is 1210. The molecule has 11 nitrogen and oxygen atoms in total. The van der Waals surface area contributed by atoms with Crippen molar-refractivity contribution in [1.29, 1.82) is 0 Å². The Kier molecular flexibility index (Phi) is 9.18. The van der Waals surface area contributed by atoms with Crippen LogP contribution in [-0.2, 0) is 9.59 Å². The topological polar surface area (TPSA) is 149 Å². The van der Waals surface area contributed by atoms with E-state index in [9.17, 15) is 29.2 Å². The molecule has 39 heavy (non-hydrogen) atoms. The first kappa shape index (κ1) is 29.4. The van der Waals surface area contributed by atoms with Crippen LogP contribution in [0, 0.1) is 17.3 Å². The van der Waals surface area contributed by atoms with Gasteiger partial charge in [0.25, 0.3) is 17.7 Å². The Morgan fingerprint density at radius 3 is 2.08 bits per heavy atom. The number of imide groups is 2. The number of hydroxylamine groups is 2. The lowest BCUT2D eigenvalue weighted by Gasteiger charge is -2.31. The molecular formula is C28H35N5O6. The number of hydrogen-bond donors (Lipinski definition) is 3. The highest BCUT2D eigenvalue weighted by atomic mass is 16.5. The van der Waals surface area contributed by atoms with Gasteiger partial charge < -0.3 is 10.6 Å². The van der Waals surface area contributed by atoms with Gasteiger partial charge >= 0.3 is 6.03 Å². The summed E-state index contributed by atoms with van der Waals surface area (Å²) in [5, 5.41) is 15.6. The molecular weight excluding hydrogens is 502 g/mol. The highest BCUT2D eigenvalue weighted by molar-refractivity contribution is 6.21. The standard InChI is InChI=1S/C28H35N5O6/c1-17(2)13-14-18(16-32-25(36)19-10-6-7-11-20(19)26(32)37)24(35)33(39)27(38)31-22(28(3,4)5)23(34)30-21-12-8-9-15-29-21/h6-12,15,17-18,22,39H,13-14,16H2,1-5H3,(H,31,38)(H,29,30,34)/t18?,22-/m1/s1. The fraction of sp³-hybridized carbons (Fsp3) is 0.429. The van der Waals surface area contributed by atoms with Crippen molar-refractivity contribution in [2.24, 2.45) is 17.3 Å². The molecule has 1 aliphatic rings. The van der Waals surface area contributed by atoms with Gasteiger partial charge in [-0.1, -0.05) is 59.2 Å². The number of urea groups is 1. The highest BCUT2D eigenvalue weighted by Crippen LogP contribution is 2.26.